The Morgan fingerprint density at radius 1 is 1.56 bits per heavy atom. The van der Waals surface area contributed by atoms with E-state index in [9.17, 15) is 9.90 Å². The normalized spacial score (nSPS) is 19.0. The van der Waals surface area contributed by atoms with Crippen molar-refractivity contribution in [2.75, 3.05) is 19.7 Å². The van der Waals surface area contributed by atoms with Gasteiger partial charge in [-0.2, -0.15) is 0 Å². The van der Waals surface area contributed by atoms with Gasteiger partial charge >= 0.3 is 0 Å². The number of carbonyl (C=O) groups excluding carboxylic acids is 1. The topological polar surface area (TPSA) is 49.8 Å². The first kappa shape index (κ1) is 13.2. The van der Waals surface area contributed by atoms with Crippen LogP contribution in [0.15, 0.2) is 24.3 Å². The summed E-state index contributed by atoms with van der Waals surface area (Å²) in [5.74, 6) is 0.685. The quantitative estimate of drug-likeness (QED) is 0.905. The number of aliphatic hydroxyl groups is 1. The molecule has 0 aliphatic carbocycles. The number of hydrogen-bond acceptors (Lipinski definition) is 3. The Labute approximate surface area is 111 Å². The molecule has 0 radical (unpaired) electrons. The van der Waals surface area contributed by atoms with Gasteiger partial charge in [0.1, 0.15) is 5.75 Å². The van der Waals surface area contributed by atoms with E-state index in [1.807, 2.05) is 0 Å². The Morgan fingerprint density at radius 3 is 3.06 bits per heavy atom. The van der Waals surface area contributed by atoms with Crippen LogP contribution in [0.2, 0.25) is 5.02 Å². The van der Waals surface area contributed by atoms with Crippen LogP contribution in [-0.2, 0) is 4.79 Å². The lowest BCUT2D eigenvalue weighted by Gasteiger charge is -2.15. The first-order valence-corrected chi connectivity index (χ1v) is 6.37. The molecule has 1 unspecified atom stereocenters. The molecule has 1 saturated heterocycles. The smallest absolute Gasteiger partial charge is 0.226 e. The molecule has 1 heterocycles. The lowest BCUT2D eigenvalue weighted by Crippen LogP contribution is -2.30. The van der Waals surface area contributed by atoms with E-state index in [4.69, 9.17) is 16.3 Å². The van der Waals surface area contributed by atoms with Crippen LogP contribution < -0.4 is 4.74 Å². The van der Waals surface area contributed by atoms with Gasteiger partial charge < -0.3 is 14.7 Å². The van der Waals surface area contributed by atoms with Gasteiger partial charge in [-0.3, -0.25) is 4.79 Å². The fourth-order valence-corrected chi connectivity index (χ4v) is 2.12. The van der Waals surface area contributed by atoms with Crippen molar-refractivity contribution in [1.82, 2.24) is 4.90 Å². The Kier molecular flexibility index (Phi) is 4.44. The number of likely N-dealkylation sites (tertiary alicyclic amines) is 1. The number of ether oxygens (including phenoxy) is 1. The minimum atomic E-state index is -0.372. The van der Waals surface area contributed by atoms with Crippen LogP contribution in [0.5, 0.6) is 5.75 Å². The van der Waals surface area contributed by atoms with E-state index >= 15 is 0 Å². The molecule has 1 amide bonds. The molecule has 0 spiro atoms. The third kappa shape index (κ3) is 3.62. The van der Waals surface area contributed by atoms with Crippen molar-refractivity contribution in [3.8, 4) is 5.75 Å². The largest absolute Gasteiger partial charge is 0.493 e. The number of hydrogen-bond donors (Lipinski definition) is 1. The Hall–Kier alpha value is -1.26. The maximum atomic E-state index is 11.8. The molecule has 18 heavy (non-hydrogen) atoms. The molecule has 2 rings (SSSR count). The van der Waals surface area contributed by atoms with Gasteiger partial charge in [-0.1, -0.05) is 17.7 Å². The van der Waals surface area contributed by atoms with E-state index < -0.39 is 0 Å². The van der Waals surface area contributed by atoms with Crippen molar-refractivity contribution < 1.29 is 14.6 Å². The molecular formula is C13H16ClNO3. The van der Waals surface area contributed by atoms with Gasteiger partial charge in [0, 0.05) is 18.1 Å². The first-order chi connectivity index (χ1) is 8.65. The second-order valence-electron chi connectivity index (χ2n) is 4.34. The Morgan fingerprint density at radius 2 is 2.39 bits per heavy atom. The van der Waals surface area contributed by atoms with Crippen LogP contribution in [0.25, 0.3) is 0 Å². The molecule has 5 heteroatoms. The number of rotatable bonds is 4. The summed E-state index contributed by atoms with van der Waals surface area (Å²) in [5, 5.41) is 9.96. The van der Waals surface area contributed by atoms with Crippen molar-refractivity contribution >= 4 is 17.5 Å². The number of benzene rings is 1. The number of amides is 1. The average Bonchev–Trinajstić information content (AvgIpc) is 2.76. The summed E-state index contributed by atoms with van der Waals surface area (Å²) < 4.78 is 5.45. The fraction of sp³-hybridized carbons (Fsp3) is 0.462. The predicted molar refractivity (Wildman–Crippen MR) is 68.8 cm³/mol. The van der Waals surface area contributed by atoms with Crippen molar-refractivity contribution in [3.05, 3.63) is 29.3 Å². The molecule has 1 N–H and O–H groups in total. The molecule has 1 aliphatic heterocycles. The lowest BCUT2D eigenvalue weighted by atomic mass is 10.3. The summed E-state index contributed by atoms with van der Waals surface area (Å²) in [6.07, 6.45) is 0.614. The molecule has 0 aromatic heterocycles. The van der Waals surface area contributed by atoms with Crippen LogP contribution in [0, 0.1) is 0 Å². The minimum absolute atomic E-state index is 0.0218. The van der Waals surface area contributed by atoms with Gasteiger partial charge in [-0.15, -0.1) is 0 Å². The zero-order valence-corrected chi connectivity index (χ0v) is 10.8. The molecule has 1 aliphatic rings. The van der Waals surface area contributed by atoms with Crippen LogP contribution in [0.1, 0.15) is 12.8 Å². The number of β-amino-alcohol motifs (C(OH)–C–C–N with tert-alkyl or cyclic N) is 1. The van der Waals surface area contributed by atoms with Gasteiger partial charge in [0.25, 0.3) is 0 Å². The maximum absolute atomic E-state index is 11.8. The summed E-state index contributed by atoms with van der Waals surface area (Å²) in [4.78, 5) is 13.4. The molecule has 4 nitrogen and oxygen atoms in total. The average molecular weight is 270 g/mol. The number of nitrogens with zero attached hydrogens (tertiary/aromatic N) is 1. The first-order valence-electron chi connectivity index (χ1n) is 5.99. The Balaban J connectivity index is 1.73. The zero-order valence-electron chi connectivity index (χ0n) is 10.0. The summed E-state index contributed by atoms with van der Waals surface area (Å²) >= 11 is 5.82. The molecule has 1 aromatic carbocycles. The fourth-order valence-electron chi connectivity index (χ4n) is 1.94. The van der Waals surface area contributed by atoms with E-state index in [2.05, 4.69) is 0 Å². The van der Waals surface area contributed by atoms with E-state index in [1.54, 1.807) is 29.2 Å². The Bertz CT molecular complexity index is 424. The number of carbonyl (C=O) groups is 1. The SMILES string of the molecule is O=C(CCOc1cccc(Cl)c1)N1CCC(O)C1. The van der Waals surface area contributed by atoms with E-state index in [-0.39, 0.29) is 12.0 Å². The third-order valence-corrected chi connectivity index (χ3v) is 3.13. The predicted octanol–water partition coefficient (Wildman–Crippen LogP) is 1.70. The summed E-state index contributed by atoms with van der Waals surface area (Å²) in [6, 6.07) is 7.09. The van der Waals surface area contributed by atoms with Crippen molar-refractivity contribution in [1.29, 1.82) is 0 Å². The van der Waals surface area contributed by atoms with Crippen molar-refractivity contribution in [3.63, 3.8) is 0 Å². The zero-order chi connectivity index (χ0) is 13.0. The highest BCUT2D eigenvalue weighted by Gasteiger charge is 2.23. The molecule has 98 valence electrons. The van der Waals surface area contributed by atoms with Gasteiger partial charge in [-0.25, -0.2) is 0 Å². The second-order valence-corrected chi connectivity index (χ2v) is 4.77. The number of halogens is 1. The van der Waals surface area contributed by atoms with Gasteiger partial charge in [-0.05, 0) is 24.6 Å². The standard InChI is InChI=1S/C13H16ClNO3/c14-10-2-1-3-12(8-10)18-7-5-13(17)15-6-4-11(16)9-15/h1-3,8,11,16H,4-7,9H2. The summed E-state index contributed by atoms with van der Waals surface area (Å²) in [7, 11) is 0. The lowest BCUT2D eigenvalue weighted by molar-refractivity contribution is -0.131. The maximum Gasteiger partial charge on any atom is 0.226 e. The van der Waals surface area contributed by atoms with Crippen LogP contribution >= 0.6 is 11.6 Å². The highest BCUT2D eigenvalue weighted by Crippen LogP contribution is 2.17. The highest BCUT2D eigenvalue weighted by molar-refractivity contribution is 6.30. The van der Waals surface area contributed by atoms with E-state index in [0.29, 0.717) is 43.3 Å². The summed E-state index contributed by atoms with van der Waals surface area (Å²) in [6.45, 7) is 1.40. The van der Waals surface area contributed by atoms with E-state index in [1.165, 1.54) is 0 Å². The van der Waals surface area contributed by atoms with Crippen LogP contribution in [-0.4, -0.2) is 41.7 Å². The third-order valence-electron chi connectivity index (χ3n) is 2.90. The van der Waals surface area contributed by atoms with Crippen LogP contribution in [0.3, 0.4) is 0 Å². The minimum Gasteiger partial charge on any atom is -0.493 e. The highest BCUT2D eigenvalue weighted by atomic mass is 35.5. The van der Waals surface area contributed by atoms with Gasteiger partial charge in [0.15, 0.2) is 0 Å². The monoisotopic (exact) mass is 269 g/mol. The second kappa shape index (κ2) is 6.07. The molecule has 1 aromatic rings. The van der Waals surface area contributed by atoms with Gasteiger partial charge in [0.2, 0.25) is 5.91 Å². The molecule has 0 saturated carbocycles. The van der Waals surface area contributed by atoms with Crippen LogP contribution in [0.4, 0.5) is 0 Å². The number of aliphatic hydroxyl groups excluding tert-OH is 1. The summed E-state index contributed by atoms with van der Waals surface area (Å²) in [5.41, 5.74) is 0. The van der Waals surface area contributed by atoms with Crippen molar-refractivity contribution in [2.45, 2.75) is 18.9 Å². The van der Waals surface area contributed by atoms with E-state index in [0.717, 1.165) is 0 Å². The van der Waals surface area contributed by atoms with Gasteiger partial charge in [0.05, 0.1) is 19.1 Å². The molecule has 1 atom stereocenters. The van der Waals surface area contributed by atoms with Crippen molar-refractivity contribution in [2.24, 2.45) is 0 Å². The molecular weight excluding hydrogens is 254 g/mol. The molecule has 0 bridgehead atoms. The molecule has 1 fully saturated rings.